The summed E-state index contributed by atoms with van der Waals surface area (Å²) >= 11 is 0. The van der Waals surface area contributed by atoms with E-state index in [1.807, 2.05) is 38.1 Å². The zero-order chi connectivity index (χ0) is 14.8. The van der Waals surface area contributed by atoms with Crippen LogP contribution in [0, 0.1) is 0 Å². The summed E-state index contributed by atoms with van der Waals surface area (Å²) < 4.78 is 0. The molecule has 106 valence electrons. The van der Waals surface area contributed by atoms with Gasteiger partial charge in [-0.2, -0.15) is 0 Å². The van der Waals surface area contributed by atoms with Gasteiger partial charge in [-0.3, -0.25) is 9.97 Å². The van der Waals surface area contributed by atoms with Gasteiger partial charge in [-0.15, -0.1) is 0 Å². The molecule has 0 bridgehead atoms. The molecule has 2 amide bonds. The summed E-state index contributed by atoms with van der Waals surface area (Å²) in [6, 6.07) is 7.52. The molecule has 0 atom stereocenters. The maximum absolute atomic E-state index is 11.9. The summed E-state index contributed by atoms with van der Waals surface area (Å²) in [6.45, 7) is 3.84. The Hall–Kier alpha value is -2.69. The monoisotopic (exact) mass is 280 g/mol. The fourth-order valence-electron chi connectivity index (χ4n) is 2.32. The van der Waals surface area contributed by atoms with Gasteiger partial charge in [-0.05, 0) is 43.5 Å². The van der Waals surface area contributed by atoms with Gasteiger partial charge in [-0.25, -0.2) is 4.79 Å². The molecule has 5 nitrogen and oxygen atoms in total. The van der Waals surface area contributed by atoms with Gasteiger partial charge >= 0.3 is 6.03 Å². The Kier molecular flexibility index (Phi) is 3.39. The van der Waals surface area contributed by atoms with E-state index < -0.39 is 0 Å². The van der Waals surface area contributed by atoms with E-state index in [-0.39, 0.29) is 12.1 Å². The van der Waals surface area contributed by atoms with Crippen LogP contribution in [0.3, 0.4) is 0 Å². The van der Waals surface area contributed by atoms with Crippen LogP contribution in [0.2, 0.25) is 0 Å². The average molecular weight is 280 g/mol. The number of benzene rings is 1. The summed E-state index contributed by atoms with van der Waals surface area (Å²) in [5, 5.41) is 8.59. The van der Waals surface area contributed by atoms with Crippen LogP contribution in [0.15, 0.2) is 42.9 Å². The number of anilines is 1. The quantitative estimate of drug-likeness (QED) is 0.708. The predicted octanol–water partition coefficient (Wildman–Crippen LogP) is 3.31. The Labute approximate surface area is 122 Å². The number of hydrogen-bond acceptors (Lipinski definition) is 3. The molecule has 2 aromatic heterocycles. The molecule has 3 rings (SSSR count). The van der Waals surface area contributed by atoms with E-state index in [9.17, 15) is 4.79 Å². The molecular weight excluding hydrogens is 264 g/mol. The van der Waals surface area contributed by atoms with Crippen molar-refractivity contribution in [1.82, 2.24) is 15.3 Å². The van der Waals surface area contributed by atoms with Gasteiger partial charge in [0.2, 0.25) is 0 Å². The van der Waals surface area contributed by atoms with Crippen LogP contribution in [0.5, 0.6) is 0 Å². The summed E-state index contributed by atoms with van der Waals surface area (Å²) in [7, 11) is 0. The third-order valence-electron chi connectivity index (χ3n) is 3.18. The molecule has 0 saturated heterocycles. The Balaban J connectivity index is 2.14. The SMILES string of the molecule is CC(C)NC(=O)Nc1cc2ccncc2c2ncccc12. The number of nitrogens with zero attached hydrogens (tertiary/aromatic N) is 2. The van der Waals surface area contributed by atoms with E-state index in [2.05, 4.69) is 20.6 Å². The van der Waals surface area contributed by atoms with E-state index in [1.54, 1.807) is 18.6 Å². The van der Waals surface area contributed by atoms with Crippen LogP contribution in [-0.2, 0) is 0 Å². The first kappa shape index (κ1) is 13.3. The lowest BCUT2D eigenvalue weighted by atomic mass is 10.1. The molecule has 0 aliphatic carbocycles. The lowest BCUT2D eigenvalue weighted by Gasteiger charge is -2.13. The van der Waals surface area contributed by atoms with Crippen LogP contribution < -0.4 is 10.6 Å². The summed E-state index contributed by atoms with van der Waals surface area (Å²) in [6.07, 6.45) is 5.27. The second-order valence-corrected chi connectivity index (χ2v) is 5.17. The molecular formula is C16H16N4O. The second kappa shape index (κ2) is 5.36. The number of nitrogens with one attached hydrogen (secondary N) is 2. The number of fused-ring (bicyclic) bond motifs is 3. The van der Waals surface area contributed by atoms with Crippen LogP contribution in [0.1, 0.15) is 13.8 Å². The first-order chi connectivity index (χ1) is 10.1. The summed E-state index contributed by atoms with van der Waals surface area (Å²) in [4.78, 5) is 20.5. The molecule has 2 heterocycles. The van der Waals surface area contributed by atoms with Crippen molar-refractivity contribution >= 4 is 33.4 Å². The fourth-order valence-corrected chi connectivity index (χ4v) is 2.32. The standard InChI is InChI=1S/C16H16N4O/c1-10(2)19-16(21)20-14-8-11-5-7-17-9-13(11)15-12(14)4-3-6-18-15/h3-10H,1-2H3,(H2,19,20,21). The van der Waals surface area contributed by atoms with Crippen molar-refractivity contribution in [2.24, 2.45) is 0 Å². The van der Waals surface area contributed by atoms with E-state index in [0.717, 1.165) is 27.4 Å². The zero-order valence-electron chi connectivity index (χ0n) is 11.9. The molecule has 0 radical (unpaired) electrons. The smallest absolute Gasteiger partial charge is 0.319 e. The van der Waals surface area contributed by atoms with Gasteiger partial charge in [0.15, 0.2) is 0 Å². The second-order valence-electron chi connectivity index (χ2n) is 5.17. The highest BCUT2D eigenvalue weighted by atomic mass is 16.2. The molecule has 1 aromatic carbocycles. The minimum atomic E-state index is -0.219. The minimum Gasteiger partial charge on any atom is -0.336 e. The number of aromatic nitrogens is 2. The Morgan fingerprint density at radius 3 is 2.86 bits per heavy atom. The van der Waals surface area contributed by atoms with E-state index in [4.69, 9.17) is 0 Å². The number of pyridine rings is 2. The topological polar surface area (TPSA) is 66.9 Å². The van der Waals surface area contributed by atoms with E-state index in [1.165, 1.54) is 0 Å². The Bertz CT molecular complexity index is 814. The molecule has 0 aliphatic heterocycles. The van der Waals surface area contributed by atoms with Gasteiger partial charge in [0.1, 0.15) is 0 Å². The molecule has 2 N–H and O–H groups in total. The highest BCUT2D eigenvalue weighted by Gasteiger charge is 2.10. The van der Waals surface area contributed by atoms with Crippen LogP contribution in [0.4, 0.5) is 10.5 Å². The number of hydrogen-bond donors (Lipinski definition) is 2. The first-order valence-corrected chi connectivity index (χ1v) is 6.84. The minimum absolute atomic E-state index is 0.0824. The molecule has 5 heteroatoms. The van der Waals surface area contributed by atoms with Crippen molar-refractivity contribution < 1.29 is 4.79 Å². The van der Waals surface area contributed by atoms with Gasteiger partial charge < -0.3 is 10.6 Å². The third kappa shape index (κ3) is 2.63. The van der Waals surface area contributed by atoms with Crippen LogP contribution in [0.25, 0.3) is 21.7 Å². The maximum atomic E-state index is 11.9. The van der Waals surface area contributed by atoms with Gasteiger partial charge in [0, 0.05) is 35.4 Å². The zero-order valence-corrected chi connectivity index (χ0v) is 11.9. The summed E-state index contributed by atoms with van der Waals surface area (Å²) in [5.74, 6) is 0. The van der Waals surface area contributed by atoms with Crippen molar-refractivity contribution in [1.29, 1.82) is 0 Å². The molecule has 0 unspecified atom stereocenters. The normalized spacial score (nSPS) is 11.0. The molecule has 0 spiro atoms. The molecule has 0 aliphatic rings. The van der Waals surface area contributed by atoms with Gasteiger partial charge in [-0.1, -0.05) is 0 Å². The van der Waals surface area contributed by atoms with Gasteiger partial charge in [0.25, 0.3) is 0 Å². The number of carbonyl (C=O) groups excluding carboxylic acids is 1. The van der Waals surface area contributed by atoms with Crippen molar-refractivity contribution in [2.45, 2.75) is 19.9 Å². The number of rotatable bonds is 2. The van der Waals surface area contributed by atoms with E-state index in [0.29, 0.717) is 0 Å². The van der Waals surface area contributed by atoms with Crippen LogP contribution >= 0.6 is 0 Å². The number of urea groups is 1. The third-order valence-corrected chi connectivity index (χ3v) is 3.18. The highest BCUT2D eigenvalue weighted by molar-refractivity contribution is 6.13. The number of carbonyl (C=O) groups is 1. The Morgan fingerprint density at radius 2 is 2.05 bits per heavy atom. The fraction of sp³-hybridized carbons (Fsp3) is 0.188. The molecule has 21 heavy (non-hydrogen) atoms. The highest BCUT2D eigenvalue weighted by Crippen LogP contribution is 2.29. The maximum Gasteiger partial charge on any atom is 0.319 e. The lowest BCUT2D eigenvalue weighted by Crippen LogP contribution is -2.34. The van der Waals surface area contributed by atoms with Crippen molar-refractivity contribution in [2.75, 3.05) is 5.32 Å². The first-order valence-electron chi connectivity index (χ1n) is 6.84. The lowest BCUT2D eigenvalue weighted by molar-refractivity contribution is 0.250. The van der Waals surface area contributed by atoms with Crippen molar-refractivity contribution in [3.8, 4) is 0 Å². The largest absolute Gasteiger partial charge is 0.336 e. The van der Waals surface area contributed by atoms with Gasteiger partial charge in [0.05, 0.1) is 11.2 Å². The predicted molar refractivity (Wildman–Crippen MR) is 84.3 cm³/mol. The molecule has 0 fully saturated rings. The van der Waals surface area contributed by atoms with Crippen molar-refractivity contribution in [3.05, 3.63) is 42.9 Å². The average Bonchev–Trinajstić information content (AvgIpc) is 2.46. The molecule has 3 aromatic rings. The summed E-state index contributed by atoms with van der Waals surface area (Å²) in [5.41, 5.74) is 1.58. The molecule has 0 saturated carbocycles. The Morgan fingerprint density at radius 1 is 1.19 bits per heavy atom. The van der Waals surface area contributed by atoms with Crippen LogP contribution in [-0.4, -0.2) is 22.0 Å². The van der Waals surface area contributed by atoms with Crippen molar-refractivity contribution in [3.63, 3.8) is 0 Å². The van der Waals surface area contributed by atoms with E-state index >= 15 is 0 Å². The number of amides is 2.